The summed E-state index contributed by atoms with van der Waals surface area (Å²) in [5.41, 5.74) is 0.799. The lowest BCUT2D eigenvalue weighted by Crippen LogP contribution is -2.07. The van der Waals surface area contributed by atoms with Gasteiger partial charge in [0.2, 0.25) is 0 Å². The quantitative estimate of drug-likeness (QED) is 0.733. The maximum absolute atomic E-state index is 5.67. The predicted octanol–water partition coefficient (Wildman–Crippen LogP) is 3.03. The first-order valence-corrected chi connectivity index (χ1v) is 4.44. The van der Waals surface area contributed by atoms with Gasteiger partial charge < -0.3 is 4.74 Å². The normalized spacial score (nSPS) is 9.54. The fourth-order valence-corrected chi connectivity index (χ4v) is 1.09. The Labute approximate surface area is 89.7 Å². The van der Waals surface area contributed by atoms with Crippen molar-refractivity contribution >= 4 is 24.0 Å². The smallest absolute Gasteiger partial charge is 0.142 e. The molecule has 0 radical (unpaired) electrons. The van der Waals surface area contributed by atoms with Gasteiger partial charge in [-0.05, 0) is 26.0 Å². The average molecular weight is 222 g/mol. The maximum atomic E-state index is 5.67. The highest BCUT2D eigenvalue weighted by atomic mass is 35.5. The second-order valence-corrected chi connectivity index (χ2v) is 3.02. The molecule has 0 fully saturated rings. The molecule has 1 aromatic rings. The molecule has 1 aromatic heterocycles. The summed E-state index contributed by atoms with van der Waals surface area (Å²) >= 11 is 5.67. The number of halogens is 2. The lowest BCUT2D eigenvalue weighted by molar-refractivity contribution is 0.239. The summed E-state index contributed by atoms with van der Waals surface area (Å²) in [6.45, 7) is 3.95. The highest BCUT2D eigenvalue weighted by Gasteiger charge is 2.03. The summed E-state index contributed by atoms with van der Waals surface area (Å²) in [7, 11) is 0. The van der Waals surface area contributed by atoms with Gasteiger partial charge in [-0.1, -0.05) is 0 Å². The van der Waals surface area contributed by atoms with Gasteiger partial charge in [0.05, 0.1) is 17.7 Å². The van der Waals surface area contributed by atoms with Gasteiger partial charge in [-0.3, -0.25) is 4.98 Å². The molecule has 2 nitrogen and oxygen atoms in total. The van der Waals surface area contributed by atoms with E-state index < -0.39 is 0 Å². The molecule has 0 saturated heterocycles. The van der Waals surface area contributed by atoms with Gasteiger partial charge >= 0.3 is 0 Å². The van der Waals surface area contributed by atoms with Crippen LogP contribution < -0.4 is 4.74 Å². The van der Waals surface area contributed by atoms with Crippen molar-refractivity contribution < 1.29 is 4.74 Å². The molecule has 0 aromatic carbocycles. The van der Waals surface area contributed by atoms with Crippen molar-refractivity contribution in [1.29, 1.82) is 0 Å². The van der Waals surface area contributed by atoms with Gasteiger partial charge in [-0.2, -0.15) is 0 Å². The van der Waals surface area contributed by atoms with Crippen molar-refractivity contribution in [3.05, 3.63) is 24.0 Å². The van der Waals surface area contributed by atoms with Gasteiger partial charge in [0, 0.05) is 6.20 Å². The molecule has 0 atom stereocenters. The first-order chi connectivity index (χ1) is 5.74. The van der Waals surface area contributed by atoms with E-state index in [0.29, 0.717) is 5.88 Å². The van der Waals surface area contributed by atoms with E-state index in [9.17, 15) is 0 Å². The van der Waals surface area contributed by atoms with Crippen molar-refractivity contribution in [2.75, 3.05) is 0 Å². The van der Waals surface area contributed by atoms with Gasteiger partial charge in [-0.25, -0.2) is 0 Å². The molecule has 0 spiro atoms. The molecule has 0 aliphatic carbocycles. The SMILES string of the molecule is CC(C)Oc1cccnc1CCl.Cl. The maximum Gasteiger partial charge on any atom is 0.142 e. The van der Waals surface area contributed by atoms with E-state index in [2.05, 4.69) is 4.98 Å². The highest BCUT2D eigenvalue weighted by Crippen LogP contribution is 2.18. The Balaban J connectivity index is 0.00000144. The van der Waals surface area contributed by atoms with E-state index in [1.165, 1.54) is 0 Å². The zero-order valence-electron chi connectivity index (χ0n) is 7.66. The van der Waals surface area contributed by atoms with E-state index >= 15 is 0 Å². The standard InChI is InChI=1S/C9H12ClNO.ClH/c1-7(2)12-9-4-3-5-11-8(9)6-10;/h3-5,7H,6H2,1-2H3;1H. The summed E-state index contributed by atoms with van der Waals surface area (Å²) in [4.78, 5) is 4.09. The van der Waals surface area contributed by atoms with Crippen molar-refractivity contribution in [3.63, 3.8) is 0 Å². The first kappa shape index (κ1) is 12.5. The molecular weight excluding hydrogens is 209 g/mol. The number of hydrogen-bond acceptors (Lipinski definition) is 2. The predicted molar refractivity (Wildman–Crippen MR) is 56.8 cm³/mol. The number of hydrogen-bond donors (Lipinski definition) is 0. The van der Waals surface area contributed by atoms with Crippen molar-refractivity contribution in [2.24, 2.45) is 0 Å². The molecule has 0 aliphatic rings. The minimum Gasteiger partial charge on any atom is -0.489 e. The van der Waals surface area contributed by atoms with E-state index in [1.54, 1.807) is 6.20 Å². The van der Waals surface area contributed by atoms with Gasteiger partial charge in [0.1, 0.15) is 5.75 Å². The summed E-state index contributed by atoms with van der Waals surface area (Å²) in [6.07, 6.45) is 1.88. The Morgan fingerprint density at radius 2 is 2.23 bits per heavy atom. The van der Waals surface area contributed by atoms with E-state index in [0.717, 1.165) is 11.4 Å². The average Bonchev–Trinajstić information content (AvgIpc) is 2.04. The molecule has 0 amide bonds. The number of nitrogens with zero attached hydrogens (tertiary/aromatic N) is 1. The van der Waals surface area contributed by atoms with Gasteiger partial charge in [0.25, 0.3) is 0 Å². The number of aromatic nitrogens is 1. The van der Waals surface area contributed by atoms with Crippen LogP contribution in [0.25, 0.3) is 0 Å². The Hall–Kier alpha value is -0.470. The molecule has 0 saturated carbocycles. The minimum atomic E-state index is 0. The van der Waals surface area contributed by atoms with Crippen LogP contribution in [0.3, 0.4) is 0 Å². The molecule has 0 aliphatic heterocycles. The number of alkyl halides is 1. The fourth-order valence-electron chi connectivity index (χ4n) is 0.885. The van der Waals surface area contributed by atoms with Crippen LogP contribution in [-0.4, -0.2) is 11.1 Å². The monoisotopic (exact) mass is 221 g/mol. The van der Waals surface area contributed by atoms with Crippen molar-refractivity contribution in [1.82, 2.24) is 4.98 Å². The van der Waals surface area contributed by atoms with E-state index in [-0.39, 0.29) is 18.5 Å². The Morgan fingerprint density at radius 1 is 1.54 bits per heavy atom. The Morgan fingerprint density at radius 3 is 2.77 bits per heavy atom. The largest absolute Gasteiger partial charge is 0.489 e. The van der Waals surface area contributed by atoms with Crippen molar-refractivity contribution in [3.8, 4) is 5.75 Å². The number of ether oxygens (including phenoxy) is 1. The molecule has 4 heteroatoms. The number of rotatable bonds is 3. The molecule has 1 rings (SSSR count). The molecule has 13 heavy (non-hydrogen) atoms. The second kappa shape index (κ2) is 6.06. The molecule has 0 unspecified atom stereocenters. The Bertz CT molecular complexity index is 253. The molecule has 1 heterocycles. The topological polar surface area (TPSA) is 22.1 Å². The zero-order valence-corrected chi connectivity index (χ0v) is 9.23. The minimum absolute atomic E-state index is 0. The third-order valence-corrected chi connectivity index (χ3v) is 1.59. The van der Waals surface area contributed by atoms with Crippen LogP contribution in [0.2, 0.25) is 0 Å². The number of pyridine rings is 1. The van der Waals surface area contributed by atoms with Crippen LogP contribution in [0.1, 0.15) is 19.5 Å². The third-order valence-electron chi connectivity index (χ3n) is 1.34. The summed E-state index contributed by atoms with van der Waals surface area (Å²) in [5, 5.41) is 0. The highest BCUT2D eigenvalue weighted by molar-refractivity contribution is 6.17. The lowest BCUT2D eigenvalue weighted by atomic mass is 10.3. The lowest BCUT2D eigenvalue weighted by Gasteiger charge is -2.11. The zero-order chi connectivity index (χ0) is 8.97. The van der Waals surface area contributed by atoms with Crippen molar-refractivity contribution in [2.45, 2.75) is 25.8 Å². The third kappa shape index (κ3) is 3.83. The fraction of sp³-hybridized carbons (Fsp3) is 0.444. The van der Waals surface area contributed by atoms with Gasteiger partial charge in [-0.15, -0.1) is 24.0 Å². The van der Waals surface area contributed by atoms with Crippen LogP contribution in [0.15, 0.2) is 18.3 Å². The molecular formula is C9H13Cl2NO. The van der Waals surface area contributed by atoms with Crippen LogP contribution >= 0.6 is 24.0 Å². The summed E-state index contributed by atoms with van der Waals surface area (Å²) in [6, 6.07) is 3.72. The van der Waals surface area contributed by atoms with E-state index in [1.807, 2.05) is 26.0 Å². The molecule has 74 valence electrons. The second-order valence-electron chi connectivity index (χ2n) is 2.75. The van der Waals surface area contributed by atoms with Crippen LogP contribution in [-0.2, 0) is 5.88 Å². The first-order valence-electron chi connectivity index (χ1n) is 3.90. The van der Waals surface area contributed by atoms with E-state index in [4.69, 9.17) is 16.3 Å². The van der Waals surface area contributed by atoms with Crippen LogP contribution in [0.4, 0.5) is 0 Å². The molecule has 0 N–H and O–H groups in total. The Kier molecular flexibility index (Phi) is 5.84. The van der Waals surface area contributed by atoms with Crippen LogP contribution in [0.5, 0.6) is 5.75 Å². The van der Waals surface area contributed by atoms with Gasteiger partial charge in [0.15, 0.2) is 0 Å². The summed E-state index contributed by atoms with van der Waals surface area (Å²) in [5.74, 6) is 1.17. The summed E-state index contributed by atoms with van der Waals surface area (Å²) < 4.78 is 5.49. The molecule has 0 bridgehead atoms. The van der Waals surface area contributed by atoms with Crippen LogP contribution in [0, 0.1) is 0 Å².